The van der Waals surface area contributed by atoms with Gasteiger partial charge in [-0.05, 0) is 31.9 Å². The van der Waals surface area contributed by atoms with Crippen LogP contribution in [0.2, 0.25) is 0 Å². The lowest BCUT2D eigenvalue weighted by atomic mass is 9.97. The number of hydrogen-bond acceptors (Lipinski definition) is 7. The molecule has 0 radical (unpaired) electrons. The van der Waals surface area contributed by atoms with Gasteiger partial charge in [-0.25, -0.2) is 0 Å². The first-order valence-electron chi connectivity index (χ1n) is 8.43. The molecule has 134 valence electrons. The Hall–Kier alpha value is -2.16. The highest BCUT2D eigenvalue weighted by molar-refractivity contribution is 7.99. The van der Waals surface area contributed by atoms with Gasteiger partial charge in [0.05, 0.1) is 11.6 Å². The number of aryl methyl sites for hydroxylation is 2. The van der Waals surface area contributed by atoms with Gasteiger partial charge in [0, 0.05) is 32.4 Å². The van der Waals surface area contributed by atoms with Crippen molar-refractivity contribution in [1.82, 2.24) is 30.3 Å². The highest BCUT2D eigenvalue weighted by Crippen LogP contribution is 2.21. The molecule has 3 heterocycles. The van der Waals surface area contributed by atoms with E-state index in [9.17, 15) is 4.79 Å². The van der Waals surface area contributed by atoms with Gasteiger partial charge in [-0.15, -0.1) is 15.3 Å². The summed E-state index contributed by atoms with van der Waals surface area (Å²) in [4.78, 5) is 14.6. The molecule has 0 saturated carbocycles. The third kappa shape index (κ3) is 4.68. The van der Waals surface area contributed by atoms with Gasteiger partial charge in [0.2, 0.25) is 5.91 Å². The number of nitrogens with zero attached hydrogens (tertiary/aromatic N) is 6. The first-order chi connectivity index (χ1) is 12.1. The van der Waals surface area contributed by atoms with Gasteiger partial charge in [0.25, 0.3) is 0 Å². The normalized spacial score (nSPS) is 17.5. The van der Waals surface area contributed by atoms with Crippen LogP contribution in [0.4, 0.5) is 5.82 Å². The topological polar surface area (TPSA) is 88.8 Å². The molecule has 2 aromatic rings. The maximum atomic E-state index is 12.4. The summed E-state index contributed by atoms with van der Waals surface area (Å²) < 4.78 is 1.87. The number of carbonyl (C=O) groups excluding carboxylic acids is 1. The Morgan fingerprint density at radius 3 is 2.96 bits per heavy atom. The molecule has 3 rings (SSSR count). The highest BCUT2D eigenvalue weighted by Gasteiger charge is 2.26. The zero-order valence-electron chi connectivity index (χ0n) is 14.6. The molecular weight excluding hydrogens is 338 g/mol. The van der Waals surface area contributed by atoms with Crippen LogP contribution in [0.15, 0.2) is 23.6 Å². The fourth-order valence-electron chi connectivity index (χ4n) is 2.82. The van der Waals surface area contributed by atoms with Crippen LogP contribution in [0, 0.1) is 12.8 Å². The third-order valence-electron chi connectivity index (χ3n) is 4.20. The number of aromatic nitrogens is 5. The van der Waals surface area contributed by atoms with Crippen molar-refractivity contribution in [2.24, 2.45) is 13.0 Å². The minimum Gasteiger partial charge on any atom is -0.355 e. The Morgan fingerprint density at radius 1 is 1.36 bits per heavy atom. The van der Waals surface area contributed by atoms with Crippen LogP contribution in [-0.2, 0) is 11.8 Å². The summed E-state index contributed by atoms with van der Waals surface area (Å²) in [7, 11) is 1.91. The smallest absolute Gasteiger partial charge is 0.224 e. The molecule has 1 atom stereocenters. The van der Waals surface area contributed by atoms with Crippen molar-refractivity contribution in [2.45, 2.75) is 24.9 Å². The summed E-state index contributed by atoms with van der Waals surface area (Å²) in [6.45, 7) is 4.16. The van der Waals surface area contributed by atoms with Gasteiger partial charge in [-0.3, -0.25) is 4.79 Å². The molecule has 0 aromatic carbocycles. The standard InChI is InChI=1S/C16H23N7OS/c1-12-5-6-14(20-19-12)23-8-3-4-13(10-23)15(24)17-7-9-25-16-21-18-11-22(16)2/h5-6,11,13H,3-4,7-10H2,1-2H3,(H,17,24). The van der Waals surface area contributed by atoms with Crippen molar-refractivity contribution in [3.05, 3.63) is 24.2 Å². The molecular formula is C16H23N7OS. The molecule has 1 unspecified atom stereocenters. The highest BCUT2D eigenvalue weighted by atomic mass is 32.2. The number of carbonyl (C=O) groups is 1. The number of rotatable bonds is 6. The van der Waals surface area contributed by atoms with Crippen molar-refractivity contribution in [3.63, 3.8) is 0 Å². The number of amides is 1. The Morgan fingerprint density at radius 2 is 2.24 bits per heavy atom. The van der Waals surface area contributed by atoms with Crippen LogP contribution in [0.3, 0.4) is 0 Å². The van der Waals surface area contributed by atoms with Crippen molar-refractivity contribution >= 4 is 23.5 Å². The van der Waals surface area contributed by atoms with Crippen molar-refractivity contribution < 1.29 is 4.79 Å². The lowest BCUT2D eigenvalue weighted by molar-refractivity contribution is -0.125. The van der Waals surface area contributed by atoms with Gasteiger partial charge < -0.3 is 14.8 Å². The summed E-state index contributed by atoms with van der Waals surface area (Å²) in [5.41, 5.74) is 0.899. The minimum atomic E-state index is -0.00307. The van der Waals surface area contributed by atoms with Gasteiger partial charge in [-0.2, -0.15) is 5.10 Å². The molecule has 1 aliphatic rings. The number of thioether (sulfide) groups is 1. The van der Waals surface area contributed by atoms with Crippen molar-refractivity contribution in [2.75, 3.05) is 30.3 Å². The van der Waals surface area contributed by atoms with E-state index in [1.807, 2.05) is 30.7 Å². The van der Waals surface area contributed by atoms with Crippen molar-refractivity contribution in [1.29, 1.82) is 0 Å². The second kappa shape index (κ2) is 8.28. The molecule has 9 heteroatoms. The maximum absolute atomic E-state index is 12.4. The molecule has 0 spiro atoms. The van der Waals surface area contributed by atoms with Crippen molar-refractivity contribution in [3.8, 4) is 0 Å². The summed E-state index contributed by atoms with van der Waals surface area (Å²) in [5, 5.41) is 20.1. The Bertz CT molecular complexity index is 703. The summed E-state index contributed by atoms with van der Waals surface area (Å²) >= 11 is 1.59. The maximum Gasteiger partial charge on any atom is 0.224 e. The van der Waals surface area contributed by atoms with Crippen LogP contribution < -0.4 is 10.2 Å². The summed E-state index contributed by atoms with van der Waals surface area (Å²) in [6.07, 6.45) is 3.57. The SMILES string of the molecule is Cc1ccc(N2CCCC(C(=O)NCCSc3nncn3C)C2)nn1. The van der Waals surface area contributed by atoms with E-state index in [0.717, 1.165) is 41.8 Å². The zero-order valence-corrected chi connectivity index (χ0v) is 15.4. The predicted molar refractivity (Wildman–Crippen MR) is 96.4 cm³/mol. The van der Waals surface area contributed by atoms with Crippen LogP contribution >= 0.6 is 11.8 Å². The van der Waals surface area contributed by atoms with E-state index in [1.54, 1.807) is 18.1 Å². The summed E-state index contributed by atoms with van der Waals surface area (Å²) in [5.74, 6) is 1.74. The zero-order chi connectivity index (χ0) is 17.6. The lowest BCUT2D eigenvalue weighted by Gasteiger charge is -2.32. The van der Waals surface area contributed by atoms with Gasteiger partial charge in [0.1, 0.15) is 6.33 Å². The molecule has 1 amide bonds. The molecule has 1 saturated heterocycles. The number of nitrogens with one attached hydrogen (secondary N) is 1. The molecule has 1 N–H and O–H groups in total. The van der Waals surface area contributed by atoms with E-state index < -0.39 is 0 Å². The Balaban J connectivity index is 1.45. The largest absolute Gasteiger partial charge is 0.355 e. The van der Waals surface area contributed by atoms with Crippen LogP contribution in [0.5, 0.6) is 0 Å². The number of anilines is 1. The van der Waals surface area contributed by atoms with E-state index in [2.05, 4.69) is 30.6 Å². The van der Waals surface area contributed by atoms with Crippen LogP contribution in [-0.4, -0.2) is 56.3 Å². The fraction of sp³-hybridized carbons (Fsp3) is 0.562. The average molecular weight is 361 g/mol. The van der Waals surface area contributed by atoms with Crippen LogP contribution in [0.25, 0.3) is 0 Å². The monoisotopic (exact) mass is 361 g/mol. The number of piperidine rings is 1. The minimum absolute atomic E-state index is 0.00307. The molecule has 25 heavy (non-hydrogen) atoms. The van der Waals surface area contributed by atoms with E-state index in [4.69, 9.17) is 0 Å². The third-order valence-corrected chi connectivity index (χ3v) is 5.24. The van der Waals surface area contributed by atoms with Crippen LogP contribution in [0.1, 0.15) is 18.5 Å². The molecule has 0 bridgehead atoms. The first-order valence-corrected chi connectivity index (χ1v) is 9.42. The van der Waals surface area contributed by atoms with Gasteiger partial charge in [0.15, 0.2) is 11.0 Å². The predicted octanol–water partition coefficient (Wildman–Crippen LogP) is 1.04. The van der Waals surface area contributed by atoms with E-state index >= 15 is 0 Å². The second-order valence-electron chi connectivity index (χ2n) is 6.18. The van der Waals surface area contributed by atoms with Gasteiger partial charge >= 0.3 is 0 Å². The number of hydrogen-bond donors (Lipinski definition) is 1. The molecule has 8 nitrogen and oxygen atoms in total. The lowest BCUT2D eigenvalue weighted by Crippen LogP contribution is -2.43. The van der Waals surface area contributed by atoms with E-state index in [0.29, 0.717) is 13.1 Å². The Labute approximate surface area is 151 Å². The first kappa shape index (κ1) is 17.7. The molecule has 2 aromatic heterocycles. The molecule has 1 fully saturated rings. The summed E-state index contributed by atoms with van der Waals surface area (Å²) in [6, 6.07) is 3.93. The van der Waals surface area contributed by atoms with Gasteiger partial charge in [-0.1, -0.05) is 11.8 Å². The van der Waals surface area contributed by atoms with E-state index in [1.165, 1.54) is 0 Å². The van der Waals surface area contributed by atoms with E-state index in [-0.39, 0.29) is 11.8 Å². The second-order valence-corrected chi connectivity index (χ2v) is 7.24. The average Bonchev–Trinajstić information content (AvgIpc) is 3.04. The fourth-order valence-corrected chi connectivity index (χ4v) is 3.57. The molecule has 1 aliphatic heterocycles. The molecule has 0 aliphatic carbocycles. The quantitative estimate of drug-likeness (QED) is 0.607. The Kier molecular flexibility index (Phi) is 5.85.